The van der Waals surface area contributed by atoms with Crippen LogP contribution in [0.2, 0.25) is 0 Å². The minimum Gasteiger partial charge on any atom is -0.502 e. The maximum Gasteiger partial charge on any atom is 0.309 e. The van der Waals surface area contributed by atoms with Crippen LogP contribution in [-0.2, 0) is 22.4 Å². The van der Waals surface area contributed by atoms with Crippen molar-refractivity contribution in [1.29, 1.82) is 0 Å². The maximum absolute atomic E-state index is 12.5. The van der Waals surface area contributed by atoms with Gasteiger partial charge in [0.2, 0.25) is 28.9 Å². The number of ether oxygens (including phenoxy) is 2. The van der Waals surface area contributed by atoms with Crippen LogP contribution in [0, 0.1) is 25.0 Å². The first-order valence-corrected chi connectivity index (χ1v) is 23.7. The summed E-state index contributed by atoms with van der Waals surface area (Å²) in [6.45, 7) is 27.4. The van der Waals surface area contributed by atoms with Gasteiger partial charge in [0.05, 0.1) is 37.2 Å². The third-order valence-electron chi connectivity index (χ3n) is 13.8. The number of carbonyl (C=O) groups is 2. The van der Waals surface area contributed by atoms with Crippen molar-refractivity contribution >= 4 is 23.3 Å². The molecule has 11 rings (SSSR count). The largest absolute Gasteiger partial charge is 0.502 e. The molecule has 5 heterocycles. The number of fused-ring (bicyclic) bond motifs is 2. The molecule has 1 N–H and O–H groups in total. The van der Waals surface area contributed by atoms with E-state index >= 15 is 0 Å². The van der Waals surface area contributed by atoms with E-state index in [1.807, 2.05) is 62.9 Å². The maximum atomic E-state index is 12.5. The van der Waals surface area contributed by atoms with E-state index in [0.29, 0.717) is 82.5 Å². The summed E-state index contributed by atoms with van der Waals surface area (Å²) in [6.07, 6.45) is 4.92. The quantitative estimate of drug-likeness (QED) is 0.115. The topological polar surface area (TPSA) is 169 Å². The number of carboxylic acids is 1. The number of aliphatic carboxylic acids is 1. The van der Waals surface area contributed by atoms with E-state index in [2.05, 4.69) is 58.0 Å². The van der Waals surface area contributed by atoms with Crippen LogP contribution in [-0.4, -0.2) is 103 Å². The summed E-state index contributed by atoms with van der Waals surface area (Å²) in [5.41, 5.74) is 9.08. The SMILES string of the molecule is [C-]#[N+]c1cc(-c2nc(-c3cccc4c3CC[C@@H]4N3CC(C(=O)N4CCC4)C3)no2)ccc1OC(C)C.[C-]#[N+]c1cc(-c2nc(-c3cccc4c3CC[C@@H]4N3CC(C(=O)O)C3)no2)ccc1OC(C)C. The number of carbonyl (C=O) groups excluding carboxylic acids is 1. The molecule has 16 heteroatoms. The van der Waals surface area contributed by atoms with Gasteiger partial charge in [-0.2, -0.15) is 9.97 Å². The molecule has 0 spiro atoms. The van der Waals surface area contributed by atoms with Gasteiger partial charge in [0.1, 0.15) is 11.5 Å². The fourth-order valence-corrected chi connectivity index (χ4v) is 10.2. The van der Waals surface area contributed by atoms with Crippen molar-refractivity contribution in [3.63, 3.8) is 0 Å². The first kappa shape index (κ1) is 45.4. The van der Waals surface area contributed by atoms with Crippen molar-refractivity contribution in [3.05, 3.63) is 118 Å². The molecule has 1 amide bonds. The third-order valence-corrected chi connectivity index (χ3v) is 13.8. The Morgan fingerprint density at radius 1 is 0.681 bits per heavy atom. The summed E-state index contributed by atoms with van der Waals surface area (Å²) >= 11 is 0. The first-order chi connectivity index (χ1) is 33.5. The lowest BCUT2D eigenvalue weighted by Gasteiger charge is -2.45. The van der Waals surface area contributed by atoms with Gasteiger partial charge in [0.25, 0.3) is 11.8 Å². The molecule has 4 aromatic carbocycles. The number of benzene rings is 4. The van der Waals surface area contributed by atoms with Crippen LogP contribution < -0.4 is 9.47 Å². The van der Waals surface area contributed by atoms with E-state index in [0.717, 1.165) is 69.4 Å². The number of carboxylic acid groups (broad SMARTS) is 1. The molecular formula is C53H53N9O7. The molecule has 3 aliphatic heterocycles. The number of aromatic nitrogens is 4. The Hall–Kier alpha value is -7.40. The van der Waals surface area contributed by atoms with Gasteiger partial charge in [0, 0.05) is 73.6 Å². The Morgan fingerprint density at radius 3 is 1.55 bits per heavy atom. The molecule has 0 bridgehead atoms. The Balaban J connectivity index is 0.000000161. The van der Waals surface area contributed by atoms with E-state index in [-0.39, 0.29) is 30.1 Å². The van der Waals surface area contributed by atoms with Crippen molar-refractivity contribution < 1.29 is 33.2 Å². The van der Waals surface area contributed by atoms with Crippen molar-refractivity contribution in [2.24, 2.45) is 11.8 Å². The fourth-order valence-electron chi connectivity index (χ4n) is 10.2. The number of hydrogen-bond acceptors (Lipinski definition) is 12. The molecule has 2 aromatic heterocycles. The average molecular weight is 928 g/mol. The van der Waals surface area contributed by atoms with Gasteiger partial charge in [0.15, 0.2) is 0 Å². The minimum atomic E-state index is -0.720. The molecular weight excluding hydrogens is 875 g/mol. The van der Waals surface area contributed by atoms with Gasteiger partial charge in [-0.3, -0.25) is 19.4 Å². The van der Waals surface area contributed by atoms with E-state index in [4.69, 9.17) is 31.7 Å². The number of likely N-dealkylation sites (tertiary alicyclic amines) is 3. The standard InChI is InChI=1S/C28H29N5O3.C25H24N4O4/c1-17(2)35-25-11-8-18(14-23(25)29-3)27-30-26(31-36-27)22-7-4-6-21-20(22)9-10-24(21)33-15-19(16-33)28(34)32-12-5-13-32;1-14(2)32-22-10-7-15(11-20(22)26-3)24-27-23(28-33-24)19-6-4-5-18-17(19)8-9-21(18)29-12-16(13-29)25(30)31/h4,6-8,11,14,17,19,24H,5,9-10,12-13,15-16H2,1-2H3;4-7,10-11,14,16,21H,8-9,12-13H2,1-2H3,(H,30,31)/t24-;21-/m00/s1. The second-order valence-corrected chi connectivity index (χ2v) is 18.9. The monoisotopic (exact) mass is 927 g/mol. The Morgan fingerprint density at radius 2 is 1.14 bits per heavy atom. The first-order valence-electron chi connectivity index (χ1n) is 23.7. The van der Waals surface area contributed by atoms with Crippen molar-refractivity contribution in [2.45, 2.75) is 84.1 Å². The van der Waals surface area contributed by atoms with E-state index in [1.165, 1.54) is 22.3 Å². The molecule has 3 fully saturated rings. The smallest absolute Gasteiger partial charge is 0.309 e. The Bertz CT molecular complexity index is 3000. The van der Waals surface area contributed by atoms with Crippen LogP contribution in [0.25, 0.3) is 55.4 Å². The normalized spacial score (nSPS) is 18.8. The lowest BCUT2D eigenvalue weighted by Crippen LogP contribution is -2.57. The van der Waals surface area contributed by atoms with Crippen molar-refractivity contribution in [2.75, 3.05) is 39.3 Å². The molecule has 6 aromatic rings. The lowest BCUT2D eigenvalue weighted by molar-refractivity contribution is -0.149. The van der Waals surface area contributed by atoms with Crippen LogP contribution in [0.1, 0.15) is 81.3 Å². The molecule has 3 saturated heterocycles. The molecule has 0 radical (unpaired) electrons. The third kappa shape index (κ3) is 8.94. The molecule has 2 atom stereocenters. The highest BCUT2D eigenvalue weighted by molar-refractivity contribution is 5.81. The zero-order valence-corrected chi connectivity index (χ0v) is 39.1. The Labute approximate surface area is 400 Å². The van der Waals surface area contributed by atoms with Crippen LogP contribution >= 0.6 is 0 Å². The van der Waals surface area contributed by atoms with Gasteiger partial charge in [-0.05, 0) is 118 Å². The van der Waals surface area contributed by atoms with Crippen LogP contribution in [0.15, 0.2) is 81.8 Å². The highest BCUT2D eigenvalue weighted by atomic mass is 16.5. The summed E-state index contributed by atoms with van der Waals surface area (Å²) in [6, 6.07) is 23.6. The van der Waals surface area contributed by atoms with Gasteiger partial charge >= 0.3 is 5.97 Å². The van der Waals surface area contributed by atoms with Gasteiger partial charge in [-0.1, -0.05) is 46.7 Å². The Kier molecular flexibility index (Phi) is 12.5. The molecule has 0 saturated carbocycles. The summed E-state index contributed by atoms with van der Waals surface area (Å²) in [5, 5.41) is 17.7. The summed E-state index contributed by atoms with van der Waals surface area (Å²) in [7, 11) is 0. The van der Waals surface area contributed by atoms with E-state index in [9.17, 15) is 14.7 Å². The highest BCUT2D eigenvalue weighted by Crippen LogP contribution is 2.45. The molecule has 5 aliphatic rings. The molecule has 16 nitrogen and oxygen atoms in total. The predicted molar refractivity (Wildman–Crippen MR) is 255 cm³/mol. The summed E-state index contributed by atoms with van der Waals surface area (Å²) in [5.74, 6) is 2.38. The highest BCUT2D eigenvalue weighted by Gasteiger charge is 2.43. The summed E-state index contributed by atoms with van der Waals surface area (Å²) < 4.78 is 22.6. The van der Waals surface area contributed by atoms with Crippen LogP contribution in [0.3, 0.4) is 0 Å². The fraction of sp³-hybridized carbons (Fsp3) is 0.396. The van der Waals surface area contributed by atoms with Crippen molar-refractivity contribution in [3.8, 4) is 57.2 Å². The van der Waals surface area contributed by atoms with Crippen molar-refractivity contribution in [1.82, 2.24) is 35.0 Å². The zero-order chi connectivity index (χ0) is 47.9. The lowest BCUT2D eigenvalue weighted by atomic mass is 9.92. The molecule has 69 heavy (non-hydrogen) atoms. The van der Waals surface area contributed by atoms with Gasteiger partial charge in [-0.15, -0.1) is 0 Å². The van der Waals surface area contributed by atoms with Crippen LogP contribution in [0.5, 0.6) is 11.5 Å². The number of nitrogens with zero attached hydrogens (tertiary/aromatic N) is 9. The van der Waals surface area contributed by atoms with E-state index < -0.39 is 5.97 Å². The summed E-state index contributed by atoms with van der Waals surface area (Å²) in [4.78, 5) is 46.8. The molecule has 2 aliphatic carbocycles. The van der Waals surface area contributed by atoms with E-state index in [1.54, 1.807) is 24.3 Å². The average Bonchev–Trinajstić information content (AvgIpc) is 4.12. The molecule has 0 unspecified atom stereocenters. The molecule has 352 valence electrons. The number of rotatable bonds is 12. The zero-order valence-electron chi connectivity index (χ0n) is 39.1. The van der Waals surface area contributed by atoms with Gasteiger partial charge in [-0.25, -0.2) is 9.69 Å². The van der Waals surface area contributed by atoms with Crippen LogP contribution in [0.4, 0.5) is 11.4 Å². The minimum absolute atomic E-state index is 0.0153. The van der Waals surface area contributed by atoms with Gasteiger partial charge < -0.3 is 28.5 Å². The number of hydrogen-bond donors (Lipinski definition) is 1. The number of amides is 1. The second-order valence-electron chi connectivity index (χ2n) is 18.9. The predicted octanol–water partition coefficient (Wildman–Crippen LogP) is 9.64. The second kappa shape index (κ2) is 18.9.